The van der Waals surface area contributed by atoms with Crippen molar-refractivity contribution in [3.8, 4) is 0 Å². The molecule has 0 aliphatic carbocycles. The van der Waals surface area contributed by atoms with Crippen molar-refractivity contribution >= 4 is 35.0 Å². The van der Waals surface area contributed by atoms with E-state index in [1.54, 1.807) is 23.1 Å². The highest BCUT2D eigenvalue weighted by Crippen LogP contribution is 2.26. The van der Waals surface area contributed by atoms with Crippen LogP contribution < -0.4 is 0 Å². The maximum absolute atomic E-state index is 12.6. The highest BCUT2D eigenvalue weighted by Gasteiger charge is 2.26. The molecule has 0 N–H and O–H groups in total. The molecule has 0 saturated carbocycles. The Morgan fingerprint density at radius 1 is 0.960 bits per heavy atom. The van der Waals surface area contributed by atoms with Crippen LogP contribution in [0.5, 0.6) is 0 Å². The predicted octanol–water partition coefficient (Wildman–Crippen LogP) is 1.61. The highest BCUT2D eigenvalue weighted by molar-refractivity contribution is 6.43. The zero-order chi connectivity index (χ0) is 17.8. The number of morpholine rings is 1. The largest absolute Gasteiger partial charge is 0.378 e. The molecule has 8 heteroatoms. The van der Waals surface area contributed by atoms with Crippen molar-refractivity contribution in [1.82, 2.24) is 14.7 Å². The van der Waals surface area contributed by atoms with E-state index >= 15 is 0 Å². The average Bonchev–Trinajstić information content (AvgIpc) is 2.65. The molecule has 25 heavy (non-hydrogen) atoms. The van der Waals surface area contributed by atoms with Crippen LogP contribution in [0.3, 0.4) is 0 Å². The first-order valence-electron chi connectivity index (χ1n) is 8.37. The second kappa shape index (κ2) is 8.36. The van der Waals surface area contributed by atoms with E-state index in [0.29, 0.717) is 74.6 Å². The van der Waals surface area contributed by atoms with E-state index in [1.807, 2.05) is 4.90 Å². The van der Waals surface area contributed by atoms with Crippen molar-refractivity contribution in [1.29, 1.82) is 0 Å². The highest BCUT2D eigenvalue weighted by atomic mass is 35.5. The molecule has 6 nitrogen and oxygen atoms in total. The molecule has 3 rings (SSSR count). The molecule has 0 aromatic heterocycles. The van der Waals surface area contributed by atoms with E-state index in [-0.39, 0.29) is 11.8 Å². The van der Waals surface area contributed by atoms with Gasteiger partial charge >= 0.3 is 0 Å². The molecule has 0 spiro atoms. The third kappa shape index (κ3) is 4.44. The summed E-state index contributed by atoms with van der Waals surface area (Å²) in [5.41, 5.74) is 0.423. The number of rotatable bonds is 3. The minimum Gasteiger partial charge on any atom is -0.378 e. The topological polar surface area (TPSA) is 53.1 Å². The Morgan fingerprint density at radius 2 is 1.64 bits per heavy atom. The van der Waals surface area contributed by atoms with Crippen LogP contribution in [0.25, 0.3) is 0 Å². The van der Waals surface area contributed by atoms with Crippen LogP contribution in [0.2, 0.25) is 10.0 Å². The first-order chi connectivity index (χ1) is 12.1. The second-order valence-corrected chi connectivity index (χ2v) is 6.95. The Morgan fingerprint density at radius 3 is 2.32 bits per heavy atom. The van der Waals surface area contributed by atoms with Gasteiger partial charge in [0.15, 0.2) is 0 Å². The van der Waals surface area contributed by atoms with E-state index in [4.69, 9.17) is 27.9 Å². The van der Waals surface area contributed by atoms with Gasteiger partial charge < -0.3 is 14.5 Å². The third-order valence-corrected chi connectivity index (χ3v) is 5.38. The summed E-state index contributed by atoms with van der Waals surface area (Å²) in [5, 5.41) is 0.668. The molecule has 2 aliphatic rings. The van der Waals surface area contributed by atoms with Gasteiger partial charge in [-0.05, 0) is 12.1 Å². The van der Waals surface area contributed by atoms with Gasteiger partial charge in [0.2, 0.25) is 5.91 Å². The van der Waals surface area contributed by atoms with Crippen LogP contribution in [-0.4, -0.2) is 85.5 Å². The van der Waals surface area contributed by atoms with Gasteiger partial charge in [0.05, 0.1) is 35.4 Å². The molecule has 136 valence electrons. The van der Waals surface area contributed by atoms with Crippen LogP contribution in [-0.2, 0) is 9.53 Å². The fourth-order valence-corrected chi connectivity index (χ4v) is 3.43. The van der Waals surface area contributed by atoms with E-state index in [2.05, 4.69) is 4.90 Å². The Hall–Kier alpha value is -1.34. The van der Waals surface area contributed by atoms with Crippen molar-refractivity contribution < 1.29 is 14.3 Å². The Balaban J connectivity index is 1.52. The Labute approximate surface area is 157 Å². The normalized spacial score (nSPS) is 19.1. The number of carbonyl (C=O) groups excluding carboxylic acids is 2. The second-order valence-electron chi connectivity index (χ2n) is 6.16. The maximum atomic E-state index is 12.6. The molecule has 0 atom stereocenters. The predicted molar refractivity (Wildman–Crippen MR) is 96.2 cm³/mol. The number of carbonyl (C=O) groups is 2. The molecule has 1 aromatic carbocycles. The minimum atomic E-state index is -0.119. The van der Waals surface area contributed by atoms with E-state index < -0.39 is 0 Å². The van der Waals surface area contributed by atoms with Crippen molar-refractivity contribution in [3.63, 3.8) is 0 Å². The van der Waals surface area contributed by atoms with Gasteiger partial charge in [-0.1, -0.05) is 29.3 Å². The van der Waals surface area contributed by atoms with Crippen LogP contribution in [0, 0.1) is 0 Å². The summed E-state index contributed by atoms with van der Waals surface area (Å²) in [5.74, 6) is 0.00705. The number of nitrogens with zero attached hydrogens (tertiary/aromatic N) is 3. The first kappa shape index (κ1) is 18.5. The lowest BCUT2D eigenvalue weighted by Crippen LogP contribution is -2.52. The standard InChI is InChI=1S/C17H21Cl2N3O3/c18-14-3-1-2-13(16(14)19)17(24)22-6-4-20(5-7-22)12-15(23)21-8-10-25-11-9-21/h1-3H,4-12H2. The molecule has 2 heterocycles. The quantitative estimate of drug-likeness (QED) is 0.792. The van der Waals surface area contributed by atoms with Gasteiger partial charge in [0.25, 0.3) is 5.91 Å². The monoisotopic (exact) mass is 385 g/mol. The SMILES string of the molecule is O=C(CN1CCN(C(=O)c2cccc(Cl)c2Cl)CC1)N1CCOCC1. The third-order valence-electron chi connectivity index (χ3n) is 4.56. The summed E-state index contributed by atoms with van der Waals surface area (Å²) in [6.07, 6.45) is 0. The molecular formula is C17H21Cl2N3O3. The summed E-state index contributed by atoms with van der Waals surface area (Å²) < 4.78 is 5.27. The van der Waals surface area contributed by atoms with Crippen LogP contribution in [0.15, 0.2) is 18.2 Å². The molecule has 0 radical (unpaired) electrons. The van der Waals surface area contributed by atoms with Crippen molar-refractivity contribution in [2.75, 3.05) is 59.0 Å². The Bertz CT molecular complexity index is 642. The molecular weight excluding hydrogens is 365 g/mol. The summed E-state index contributed by atoms with van der Waals surface area (Å²) >= 11 is 12.1. The maximum Gasteiger partial charge on any atom is 0.255 e. The summed E-state index contributed by atoms with van der Waals surface area (Å²) in [7, 11) is 0. The van der Waals surface area contributed by atoms with Gasteiger partial charge in [-0.2, -0.15) is 0 Å². The summed E-state index contributed by atoms with van der Waals surface area (Å²) in [4.78, 5) is 30.6. The van der Waals surface area contributed by atoms with Crippen molar-refractivity contribution in [2.24, 2.45) is 0 Å². The fraction of sp³-hybridized carbons (Fsp3) is 0.529. The fourth-order valence-electron chi connectivity index (χ4n) is 3.05. The zero-order valence-electron chi connectivity index (χ0n) is 13.9. The van der Waals surface area contributed by atoms with Crippen molar-refractivity contribution in [3.05, 3.63) is 33.8 Å². The number of amides is 2. The van der Waals surface area contributed by atoms with E-state index in [9.17, 15) is 9.59 Å². The first-order valence-corrected chi connectivity index (χ1v) is 9.13. The smallest absolute Gasteiger partial charge is 0.255 e. The molecule has 2 saturated heterocycles. The van der Waals surface area contributed by atoms with Gasteiger partial charge in [0.1, 0.15) is 0 Å². The van der Waals surface area contributed by atoms with Gasteiger partial charge in [-0.3, -0.25) is 14.5 Å². The van der Waals surface area contributed by atoms with Gasteiger partial charge in [-0.25, -0.2) is 0 Å². The lowest BCUT2D eigenvalue weighted by Gasteiger charge is -2.36. The van der Waals surface area contributed by atoms with E-state index in [0.717, 1.165) is 0 Å². The number of benzene rings is 1. The average molecular weight is 386 g/mol. The number of halogens is 2. The van der Waals surface area contributed by atoms with Gasteiger partial charge in [-0.15, -0.1) is 0 Å². The summed E-state index contributed by atoms with van der Waals surface area (Å²) in [6.45, 7) is 5.38. The lowest BCUT2D eigenvalue weighted by atomic mass is 10.1. The lowest BCUT2D eigenvalue weighted by molar-refractivity contribution is -0.136. The molecule has 0 unspecified atom stereocenters. The molecule has 2 amide bonds. The summed E-state index contributed by atoms with van der Waals surface area (Å²) in [6, 6.07) is 5.07. The zero-order valence-corrected chi connectivity index (χ0v) is 15.4. The Kier molecular flexibility index (Phi) is 6.17. The molecule has 0 bridgehead atoms. The van der Waals surface area contributed by atoms with Crippen LogP contribution >= 0.6 is 23.2 Å². The van der Waals surface area contributed by atoms with Gasteiger partial charge in [0, 0.05) is 39.3 Å². The molecule has 2 aliphatic heterocycles. The molecule has 2 fully saturated rings. The van der Waals surface area contributed by atoms with Crippen LogP contribution in [0.4, 0.5) is 0 Å². The van der Waals surface area contributed by atoms with Crippen LogP contribution in [0.1, 0.15) is 10.4 Å². The minimum absolute atomic E-state index is 0.119. The number of ether oxygens (including phenoxy) is 1. The number of hydrogen-bond acceptors (Lipinski definition) is 4. The van der Waals surface area contributed by atoms with Crippen molar-refractivity contribution in [2.45, 2.75) is 0 Å². The number of hydrogen-bond donors (Lipinski definition) is 0. The number of piperazine rings is 1. The van der Waals surface area contributed by atoms with E-state index in [1.165, 1.54) is 0 Å². The molecule has 1 aromatic rings.